The maximum absolute atomic E-state index is 6.11. The smallest absolute Gasteiger partial charge is 0.0577 e. The number of pyridine rings is 2. The Morgan fingerprint density at radius 3 is 2.62 bits per heavy atom. The van der Waals surface area contributed by atoms with Crippen molar-refractivity contribution in [2.24, 2.45) is 5.73 Å². The molecule has 0 saturated carbocycles. The summed E-state index contributed by atoms with van der Waals surface area (Å²) in [5.41, 5.74) is 9.24. The second kappa shape index (κ2) is 4.86. The monoisotopic (exact) mass is 213 g/mol. The van der Waals surface area contributed by atoms with Gasteiger partial charge in [-0.05, 0) is 43.2 Å². The first-order valence-electron chi connectivity index (χ1n) is 5.34. The molecule has 1 atom stereocenters. The van der Waals surface area contributed by atoms with Gasteiger partial charge in [-0.25, -0.2) is 0 Å². The lowest BCUT2D eigenvalue weighted by atomic mass is 10.0. The average molecular weight is 213 g/mol. The summed E-state index contributed by atoms with van der Waals surface area (Å²) in [5.74, 6) is 0. The summed E-state index contributed by atoms with van der Waals surface area (Å²) in [6, 6.07) is 9.85. The number of nitrogens with zero attached hydrogens (tertiary/aromatic N) is 2. The van der Waals surface area contributed by atoms with E-state index in [0.29, 0.717) is 0 Å². The van der Waals surface area contributed by atoms with Crippen LogP contribution in [0.5, 0.6) is 0 Å². The van der Waals surface area contributed by atoms with Gasteiger partial charge in [-0.3, -0.25) is 9.97 Å². The Kier molecular flexibility index (Phi) is 3.27. The van der Waals surface area contributed by atoms with Crippen molar-refractivity contribution in [1.29, 1.82) is 0 Å². The van der Waals surface area contributed by atoms with E-state index in [9.17, 15) is 0 Å². The molecule has 0 bridgehead atoms. The van der Waals surface area contributed by atoms with E-state index in [4.69, 9.17) is 5.73 Å². The molecule has 2 aromatic heterocycles. The molecule has 16 heavy (non-hydrogen) atoms. The van der Waals surface area contributed by atoms with E-state index in [2.05, 4.69) is 9.97 Å². The minimum Gasteiger partial charge on any atom is -0.322 e. The normalized spacial score (nSPS) is 12.4. The number of nitrogens with two attached hydrogens (primary N) is 1. The Bertz CT molecular complexity index is 454. The van der Waals surface area contributed by atoms with Crippen LogP contribution in [0.1, 0.15) is 23.0 Å². The molecule has 3 nitrogen and oxygen atoms in total. The van der Waals surface area contributed by atoms with Gasteiger partial charge in [0.05, 0.1) is 11.7 Å². The minimum absolute atomic E-state index is 0.0534. The molecule has 0 aliphatic carbocycles. The fraction of sp³-hybridized carbons (Fsp3) is 0.231. The fourth-order valence-electron chi connectivity index (χ4n) is 1.65. The van der Waals surface area contributed by atoms with Crippen molar-refractivity contribution in [3.05, 3.63) is 59.7 Å². The zero-order chi connectivity index (χ0) is 11.4. The summed E-state index contributed by atoms with van der Waals surface area (Å²) in [7, 11) is 0. The molecule has 0 aliphatic rings. The predicted molar refractivity (Wildman–Crippen MR) is 63.8 cm³/mol. The van der Waals surface area contributed by atoms with Gasteiger partial charge in [0.1, 0.15) is 0 Å². The summed E-state index contributed by atoms with van der Waals surface area (Å²) >= 11 is 0. The molecule has 0 fully saturated rings. The first-order chi connectivity index (χ1) is 7.75. The summed E-state index contributed by atoms with van der Waals surface area (Å²) in [4.78, 5) is 8.41. The van der Waals surface area contributed by atoms with E-state index < -0.39 is 0 Å². The van der Waals surface area contributed by atoms with Crippen molar-refractivity contribution in [3.63, 3.8) is 0 Å². The quantitative estimate of drug-likeness (QED) is 0.848. The molecule has 3 heteroatoms. The van der Waals surface area contributed by atoms with Gasteiger partial charge < -0.3 is 5.73 Å². The minimum atomic E-state index is -0.0534. The molecule has 2 heterocycles. The van der Waals surface area contributed by atoms with Crippen molar-refractivity contribution < 1.29 is 0 Å². The topological polar surface area (TPSA) is 51.8 Å². The highest BCUT2D eigenvalue weighted by Gasteiger charge is 2.08. The van der Waals surface area contributed by atoms with Crippen molar-refractivity contribution in [2.75, 3.05) is 0 Å². The molecular weight excluding hydrogens is 198 g/mol. The van der Waals surface area contributed by atoms with E-state index in [-0.39, 0.29) is 6.04 Å². The molecule has 2 N–H and O–H groups in total. The third kappa shape index (κ3) is 2.64. The van der Waals surface area contributed by atoms with Gasteiger partial charge >= 0.3 is 0 Å². The maximum Gasteiger partial charge on any atom is 0.0577 e. The Labute approximate surface area is 95.4 Å². The molecule has 2 aromatic rings. The Hall–Kier alpha value is -1.74. The highest BCUT2D eigenvalue weighted by Crippen LogP contribution is 2.13. The molecular formula is C13H15N3. The van der Waals surface area contributed by atoms with Crippen LogP contribution < -0.4 is 5.73 Å². The van der Waals surface area contributed by atoms with Gasteiger partial charge in [-0.1, -0.05) is 6.07 Å². The van der Waals surface area contributed by atoms with Crippen LogP contribution in [0, 0.1) is 6.92 Å². The lowest BCUT2D eigenvalue weighted by Crippen LogP contribution is -2.15. The van der Waals surface area contributed by atoms with Gasteiger partial charge in [-0.15, -0.1) is 0 Å². The number of hydrogen-bond acceptors (Lipinski definition) is 3. The summed E-state index contributed by atoms with van der Waals surface area (Å²) in [6.07, 6.45) is 4.36. The van der Waals surface area contributed by atoms with Crippen LogP contribution >= 0.6 is 0 Å². The summed E-state index contributed by atoms with van der Waals surface area (Å²) in [6.45, 7) is 1.97. The molecule has 0 aliphatic heterocycles. The zero-order valence-corrected chi connectivity index (χ0v) is 9.30. The molecule has 82 valence electrons. The Balaban J connectivity index is 2.12. The third-order valence-corrected chi connectivity index (χ3v) is 2.49. The van der Waals surface area contributed by atoms with Crippen LogP contribution in [0.2, 0.25) is 0 Å². The predicted octanol–water partition coefficient (Wildman–Crippen LogP) is 2.03. The van der Waals surface area contributed by atoms with Crippen molar-refractivity contribution in [3.8, 4) is 0 Å². The van der Waals surface area contributed by atoms with Crippen LogP contribution in [0.4, 0.5) is 0 Å². The van der Waals surface area contributed by atoms with Crippen LogP contribution in [0.15, 0.2) is 42.7 Å². The van der Waals surface area contributed by atoms with Crippen LogP contribution in [0.3, 0.4) is 0 Å². The van der Waals surface area contributed by atoms with Crippen molar-refractivity contribution >= 4 is 0 Å². The van der Waals surface area contributed by atoms with E-state index in [1.165, 1.54) is 5.56 Å². The molecule has 0 amide bonds. The fourth-order valence-corrected chi connectivity index (χ4v) is 1.65. The van der Waals surface area contributed by atoms with Gasteiger partial charge in [-0.2, -0.15) is 0 Å². The van der Waals surface area contributed by atoms with Crippen molar-refractivity contribution in [2.45, 2.75) is 19.4 Å². The molecule has 1 unspecified atom stereocenters. The summed E-state index contributed by atoms with van der Waals surface area (Å²) in [5, 5.41) is 0. The average Bonchev–Trinajstić information content (AvgIpc) is 2.30. The summed E-state index contributed by atoms with van der Waals surface area (Å²) < 4.78 is 0. The van der Waals surface area contributed by atoms with E-state index in [0.717, 1.165) is 17.8 Å². The standard InChI is InChI=1S/C13H15N3/c1-10-3-2-4-13(16-10)12(14)9-11-5-7-15-8-6-11/h2-8,12H,9,14H2,1H3. The molecule has 2 rings (SSSR count). The van der Waals surface area contributed by atoms with Crippen LogP contribution in [-0.2, 0) is 6.42 Å². The highest BCUT2D eigenvalue weighted by atomic mass is 14.8. The number of aryl methyl sites for hydroxylation is 1. The van der Waals surface area contributed by atoms with Gasteiger partial charge in [0.15, 0.2) is 0 Å². The largest absolute Gasteiger partial charge is 0.322 e. The second-order valence-electron chi connectivity index (χ2n) is 3.87. The van der Waals surface area contributed by atoms with E-state index in [1.54, 1.807) is 12.4 Å². The number of rotatable bonds is 3. The Morgan fingerprint density at radius 2 is 1.94 bits per heavy atom. The number of hydrogen-bond donors (Lipinski definition) is 1. The van der Waals surface area contributed by atoms with Crippen LogP contribution in [0.25, 0.3) is 0 Å². The molecule has 0 spiro atoms. The van der Waals surface area contributed by atoms with Gasteiger partial charge in [0.2, 0.25) is 0 Å². The lowest BCUT2D eigenvalue weighted by molar-refractivity contribution is 0.693. The highest BCUT2D eigenvalue weighted by molar-refractivity contribution is 5.18. The zero-order valence-electron chi connectivity index (χ0n) is 9.30. The maximum atomic E-state index is 6.11. The molecule has 0 radical (unpaired) electrons. The van der Waals surface area contributed by atoms with Crippen LogP contribution in [-0.4, -0.2) is 9.97 Å². The van der Waals surface area contributed by atoms with Gasteiger partial charge in [0, 0.05) is 18.1 Å². The SMILES string of the molecule is Cc1cccc(C(N)Cc2ccncc2)n1. The molecule has 0 saturated heterocycles. The van der Waals surface area contributed by atoms with E-state index in [1.807, 2.05) is 37.3 Å². The van der Waals surface area contributed by atoms with Gasteiger partial charge in [0.25, 0.3) is 0 Å². The first-order valence-corrected chi connectivity index (χ1v) is 5.34. The van der Waals surface area contributed by atoms with Crippen molar-refractivity contribution in [1.82, 2.24) is 9.97 Å². The third-order valence-electron chi connectivity index (χ3n) is 2.49. The Morgan fingerprint density at radius 1 is 1.19 bits per heavy atom. The second-order valence-corrected chi connectivity index (χ2v) is 3.87. The lowest BCUT2D eigenvalue weighted by Gasteiger charge is -2.11. The first kappa shape index (κ1) is 10.8. The molecule has 0 aromatic carbocycles. The van der Waals surface area contributed by atoms with E-state index >= 15 is 0 Å². The number of aromatic nitrogens is 2.